The first kappa shape index (κ1) is 16.6. The van der Waals surface area contributed by atoms with Crippen molar-refractivity contribution in [1.82, 2.24) is 0 Å². The third-order valence-electron chi connectivity index (χ3n) is 3.63. The lowest BCUT2D eigenvalue weighted by molar-refractivity contribution is -0.0327. The maximum absolute atomic E-state index is 5.99. The first-order chi connectivity index (χ1) is 10.0. The highest BCUT2D eigenvalue weighted by atomic mass is 79.9. The minimum absolute atomic E-state index is 0.0155. The minimum Gasteiger partial charge on any atom is -0.493 e. The monoisotopic (exact) mass is 356 g/mol. The molecule has 3 nitrogen and oxygen atoms in total. The highest BCUT2D eigenvalue weighted by molar-refractivity contribution is 9.08. The molecule has 1 aromatic rings. The Morgan fingerprint density at radius 1 is 1.33 bits per heavy atom. The van der Waals surface area contributed by atoms with E-state index in [2.05, 4.69) is 42.8 Å². The normalized spacial score (nSPS) is 20.5. The molecule has 4 heteroatoms. The van der Waals surface area contributed by atoms with Gasteiger partial charge in [0.05, 0.1) is 18.3 Å². The van der Waals surface area contributed by atoms with E-state index >= 15 is 0 Å². The Bertz CT molecular complexity index is 459. The topological polar surface area (TPSA) is 27.7 Å². The van der Waals surface area contributed by atoms with Gasteiger partial charge < -0.3 is 14.2 Å². The summed E-state index contributed by atoms with van der Waals surface area (Å²) in [7, 11) is 0. The van der Waals surface area contributed by atoms with Crippen LogP contribution in [0.3, 0.4) is 0 Å². The molecular formula is C17H25BrO3. The highest BCUT2D eigenvalue weighted by Crippen LogP contribution is 2.31. The van der Waals surface area contributed by atoms with Crippen LogP contribution >= 0.6 is 15.9 Å². The summed E-state index contributed by atoms with van der Waals surface area (Å²) < 4.78 is 17.6. The van der Waals surface area contributed by atoms with Gasteiger partial charge in [0.15, 0.2) is 0 Å². The smallest absolute Gasteiger partial charge is 0.127 e. The zero-order chi connectivity index (χ0) is 15.3. The van der Waals surface area contributed by atoms with E-state index in [0.717, 1.165) is 48.3 Å². The molecule has 0 aromatic heterocycles. The number of ether oxygens (including phenoxy) is 3. The van der Waals surface area contributed by atoms with Crippen LogP contribution in [-0.4, -0.2) is 24.9 Å². The van der Waals surface area contributed by atoms with Crippen LogP contribution < -0.4 is 9.47 Å². The number of halogens is 1. The fraction of sp³-hybridized carbons (Fsp3) is 0.647. The van der Waals surface area contributed by atoms with Crippen LogP contribution in [0.15, 0.2) is 18.2 Å². The molecule has 0 aliphatic carbocycles. The predicted octanol–water partition coefficient (Wildman–Crippen LogP) is 4.71. The second-order valence-electron chi connectivity index (χ2n) is 6.10. The van der Waals surface area contributed by atoms with E-state index in [1.54, 1.807) is 0 Å². The van der Waals surface area contributed by atoms with Crippen molar-refractivity contribution < 1.29 is 14.2 Å². The third-order valence-corrected chi connectivity index (χ3v) is 4.24. The maximum Gasteiger partial charge on any atom is 0.127 e. The molecule has 0 spiro atoms. The zero-order valence-corrected chi connectivity index (χ0v) is 14.7. The molecule has 0 saturated carbocycles. The molecule has 1 saturated heterocycles. The molecule has 0 bridgehead atoms. The third kappa shape index (κ3) is 4.89. The van der Waals surface area contributed by atoms with Crippen LogP contribution in [0.25, 0.3) is 0 Å². The van der Waals surface area contributed by atoms with Crippen molar-refractivity contribution in [3.05, 3.63) is 23.8 Å². The molecule has 2 rings (SSSR count). The van der Waals surface area contributed by atoms with Crippen molar-refractivity contribution >= 4 is 15.9 Å². The van der Waals surface area contributed by atoms with E-state index in [9.17, 15) is 0 Å². The van der Waals surface area contributed by atoms with Gasteiger partial charge in [-0.1, -0.05) is 28.9 Å². The van der Waals surface area contributed by atoms with Crippen molar-refractivity contribution in [2.45, 2.75) is 57.1 Å². The Morgan fingerprint density at radius 3 is 2.76 bits per heavy atom. The second kappa shape index (κ2) is 7.50. The SMILES string of the molecule is CCCOc1ccc(CBr)c(OCC2CCC(C)(C)O2)c1. The average molecular weight is 357 g/mol. The Balaban J connectivity index is 1.97. The van der Waals surface area contributed by atoms with Crippen molar-refractivity contribution in [3.8, 4) is 11.5 Å². The molecule has 1 aliphatic heterocycles. The summed E-state index contributed by atoms with van der Waals surface area (Å²) in [5.41, 5.74) is 1.12. The molecule has 1 aromatic carbocycles. The zero-order valence-electron chi connectivity index (χ0n) is 13.2. The molecule has 1 aliphatic rings. The number of rotatable bonds is 7. The van der Waals surface area contributed by atoms with Gasteiger partial charge in [-0.2, -0.15) is 0 Å². The van der Waals surface area contributed by atoms with Gasteiger partial charge in [-0.15, -0.1) is 0 Å². The standard InChI is InChI=1S/C17H25BrO3/c1-4-9-19-14-6-5-13(11-18)16(10-14)20-12-15-7-8-17(2,3)21-15/h5-6,10,15H,4,7-9,11-12H2,1-3H3. The van der Waals surface area contributed by atoms with Crippen LogP contribution in [0, 0.1) is 0 Å². The lowest BCUT2D eigenvalue weighted by atomic mass is 10.1. The van der Waals surface area contributed by atoms with Crippen LogP contribution in [0.2, 0.25) is 0 Å². The Labute approximate surface area is 136 Å². The quantitative estimate of drug-likeness (QED) is 0.662. The van der Waals surface area contributed by atoms with Crippen molar-refractivity contribution in [2.75, 3.05) is 13.2 Å². The van der Waals surface area contributed by atoms with Crippen molar-refractivity contribution in [3.63, 3.8) is 0 Å². The fourth-order valence-electron chi connectivity index (χ4n) is 2.47. The molecule has 1 unspecified atom stereocenters. The number of benzene rings is 1. The summed E-state index contributed by atoms with van der Waals surface area (Å²) in [4.78, 5) is 0. The van der Waals surface area contributed by atoms with E-state index in [1.807, 2.05) is 12.1 Å². The molecule has 1 atom stereocenters. The lowest BCUT2D eigenvalue weighted by Crippen LogP contribution is -2.24. The molecule has 0 amide bonds. The van der Waals surface area contributed by atoms with Gasteiger partial charge >= 0.3 is 0 Å². The summed E-state index contributed by atoms with van der Waals surface area (Å²) >= 11 is 3.51. The molecular weight excluding hydrogens is 332 g/mol. The van der Waals surface area contributed by atoms with E-state index in [4.69, 9.17) is 14.2 Å². The van der Waals surface area contributed by atoms with Crippen molar-refractivity contribution in [2.24, 2.45) is 0 Å². The van der Waals surface area contributed by atoms with Crippen LogP contribution in [0.1, 0.15) is 45.6 Å². The molecule has 1 heterocycles. The first-order valence-corrected chi connectivity index (χ1v) is 8.78. The Hall–Kier alpha value is -0.740. The summed E-state index contributed by atoms with van der Waals surface area (Å²) in [6.45, 7) is 7.70. The fourth-order valence-corrected chi connectivity index (χ4v) is 2.93. The van der Waals surface area contributed by atoms with Crippen LogP contribution in [-0.2, 0) is 10.1 Å². The Kier molecular flexibility index (Phi) is 5.94. The van der Waals surface area contributed by atoms with Gasteiger partial charge in [0.25, 0.3) is 0 Å². The summed E-state index contributed by atoms with van der Waals surface area (Å²) in [6.07, 6.45) is 3.33. The maximum atomic E-state index is 5.99. The second-order valence-corrected chi connectivity index (χ2v) is 6.66. The predicted molar refractivity (Wildman–Crippen MR) is 88.5 cm³/mol. The first-order valence-electron chi connectivity index (χ1n) is 7.66. The number of alkyl halides is 1. The molecule has 1 fully saturated rings. The van der Waals surface area contributed by atoms with E-state index in [0.29, 0.717) is 6.61 Å². The van der Waals surface area contributed by atoms with Gasteiger partial charge in [0.2, 0.25) is 0 Å². The van der Waals surface area contributed by atoms with Crippen molar-refractivity contribution in [1.29, 1.82) is 0 Å². The largest absolute Gasteiger partial charge is 0.493 e. The Morgan fingerprint density at radius 2 is 2.14 bits per heavy atom. The molecule has 118 valence electrons. The van der Waals surface area contributed by atoms with Gasteiger partial charge in [-0.3, -0.25) is 0 Å². The van der Waals surface area contributed by atoms with E-state index in [1.165, 1.54) is 0 Å². The minimum atomic E-state index is -0.0155. The number of hydrogen-bond donors (Lipinski definition) is 0. The lowest BCUT2D eigenvalue weighted by Gasteiger charge is -2.20. The van der Waals surface area contributed by atoms with E-state index < -0.39 is 0 Å². The molecule has 0 N–H and O–H groups in total. The van der Waals surface area contributed by atoms with Gasteiger partial charge in [0, 0.05) is 17.0 Å². The molecule has 0 radical (unpaired) electrons. The summed E-state index contributed by atoms with van der Waals surface area (Å²) in [5, 5.41) is 0.771. The van der Waals surface area contributed by atoms with Crippen LogP contribution in [0.4, 0.5) is 0 Å². The number of hydrogen-bond acceptors (Lipinski definition) is 3. The van der Waals surface area contributed by atoms with Crippen LogP contribution in [0.5, 0.6) is 11.5 Å². The van der Waals surface area contributed by atoms with E-state index in [-0.39, 0.29) is 11.7 Å². The molecule has 21 heavy (non-hydrogen) atoms. The van der Waals surface area contributed by atoms with Gasteiger partial charge in [-0.25, -0.2) is 0 Å². The average Bonchev–Trinajstić information content (AvgIpc) is 2.82. The van der Waals surface area contributed by atoms with Gasteiger partial charge in [0.1, 0.15) is 18.1 Å². The summed E-state index contributed by atoms with van der Waals surface area (Å²) in [5.74, 6) is 1.75. The summed E-state index contributed by atoms with van der Waals surface area (Å²) in [6, 6.07) is 6.02. The van der Waals surface area contributed by atoms with Gasteiger partial charge in [-0.05, 0) is 39.2 Å². The highest BCUT2D eigenvalue weighted by Gasteiger charge is 2.32.